The Labute approximate surface area is 139 Å². The molecule has 0 spiro atoms. The third-order valence-electron chi connectivity index (χ3n) is 4.02. The van der Waals surface area contributed by atoms with Crippen LogP contribution < -0.4 is 5.32 Å². The fourth-order valence-corrected chi connectivity index (χ4v) is 2.97. The number of hydrogen-bond donors (Lipinski definition) is 2. The highest BCUT2D eigenvalue weighted by Crippen LogP contribution is 2.25. The zero-order valence-electron chi connectivity index (χ0n) is 12.7. The largest absolute Gasteiger partial charge is 0.396 e. The van der Waals surface area contributed by atoms with Gasteiger partial charge in [-0.15, -0.1) is 0 Å². The first kappa shape index (κ1) is 15.8. The molecule has 7 heteroatoms. The maximum atomic E-state index is 12.5. The van der Waals surface area contributed by atoms with Crippen LogP contribution in [0.5, 0.6) is 0 Å². The van der Waals surface area contributed by atoms with Gasteiger partial charge in [-0.3, -0.25) is 0 Å². The Kier molecular flexibility index (Phi) is 4.83. The average Bonchev–Trinajstić information content (AvgIpc) is 3.11. The standard InChI is InChI=1S/C16H19ClN4O2/c17-13-4-5-14(15(9-13)21-8-2-6-18-21)19-16(23)20-7-1-3-12(10-20)11-22/h2,4-6,8-9,12,22H,1,3,7,10-11H2,(H,19,23). The van der Waals surface area contributed by atoms with Gasteiger partial charge in [0.1, 0.15) is 0 Å². The highest BCUT2D eigenvalue weighted by Gasteiger charge is 2.23. The number of hydrogen-bond acceptors (Lipinski definition) is 3. The first-order valence-electron chi connectivity index (χ1n) is 7.63. The second kappa shape index (κ2) is 7.02. The number of amides is 2. The number of likely N-dealkylation sites (tertiary alicyclic amines) is 1. The van der Waals surface area contributed by atoms with E-state index in [4.69, 9.17) is 11.6 Å². The van der Waals surface area contributed by atoms with Gasteiger partial charge in [0.2, 0.25) is 0 Å². The van der Waals surface area contributed by atoms with Gasteiger partial charge >= 0.3 is 6.03 Å². The van der Waals surface area contributed by atoms with Gasteiger partial charge in [0, 0.05) is 37.1 Å². The molecular weight excluding hydrogens is 316 g/mol. The number of benzene rings is 1. The molecule has 1 aromatic heterocycles. The summed E-state index contributed by atoms with van der Waals surface area (Å²) in [5, 5.41) is 17.0. The van der Waals surface area contributed by atoms with E-state index in [1.54, 1.807) is 40.2 Å². The summed E-state index contributed by atoms with van der Waals surface area (Å²) in [5.41, 5.74) is 1.36. The van der Waals surface area contributed by atoms with E-state index < -0.39 is 0 Å². The molecule has 2 heterocycles. The van der Waals surface area contributed by atoms with Gasteiger partial charge in [-0.2, -0.15) is 5.10 Å². The van der Waals surface area contributed by atoms with Crippen LogP contribution in [0.25, 0.3) is 5.69 Å². The Hall–Kier alpha value is -2.05. The third kappa shape index (κ3) is 3.65. The number of nitrogens with one attached hydrogen (secondary N) is 1. The second-order valence-electron chi connectivity index (χ2n) is 5.68. The molecule has 6 nitrogen and oxygen atoms in total. The Morgan fingerprint density at radius 1 is 1.48 bits per heavy atom. The summed E-state index contributed by atoms with van der Waals surface area (Å²) in [6.45, 7) is 1.39. The molecule has 2 amide bonds. The fraction of sp³-hybridized carbons (Fsp3) is 0.375. The lowest BCUT2D eigenvalue weighted by Crippen LogP contribution is -2.43. The zero-order chi connectivity index (χ0) is 16.2. The van der Waals surface area contributed by atoms with Crippen LogP contribution in [0, 0.1) is 5.92 Å². The van der Waals surface area contributed by atoms with Crippen molar-refractivity contribution in [2.75, 3.05) is 25.0 Å². The second-order valence-corrected chi connectivity index (χ2v) is 6.12. The monoisotopic (exact) mass is 334 g/mol. The Bertz CT molecular complexity index is 675. The average molecular weight is 335 g/mol. The maximum Gasteiger partial charge on any atom is 0.321 e. The summed E-state index contributed by atoms with van der Waals surface area (Å²) in [7, 11) is 0. The van der Waals surface area contributed by atoms with Gasteiger partial charge < -0.3 is 15.3 Å². The van der Waals surface area contributed by atoms with Crippen molar-refractivity contribution in [3.63, 3.8) is 0 Å². The molecule has 1 unspecified atom stereocenters. The highest BCUT2D eigenvalue weighted by molar-refractivity contribution is 6.30. The van der Waals surface area contributed by atoms with Crippen LogP contribution in [-0.4, -0.2) is 45.5 Å². The van der Waals surface area contributed by atoms with Crippen LogP contribution >= 0.6 is 11.6 Å². The van der Waals surface area contributed by atoms with Gasteiger partial charge in [0.15, 0.2) is 0 Å². The number of aromatic nitrogens is 2. The summed E-state index contributed by atoms with van der Waals surface area (Å²) in [5.74, 6) is 0.158. The summed E-state index contributed by atoms with van der Waals surface area (Å²) >= 11 is 6.06. The molecule has 1 saturated heterocycles. The number of anilines is 1. The van der Waals surface area contributed by atoms with E-state index in [0.717, 1.165) is 12.8 Å². The van der Waals surface area contributed by atoms with Crippen LogP contribution in [0.15, 0.2) is 36.7 Å². The van der Waals surface area contributed by atoms with Crippen LogP contribution in [-0.2, 0) is 0 Å². The third-order valence-corrected chi connectivity index (χ3v) is 4.25. The lowest BCUT2D eigenvalue weighted by atomic mass is 9.99. The van der Waals surface area contributed by atoms with Crippen molar-refractivity contribution in [2.24, 2.45) is 5.92 Å². The zero-order valence-corrected chi connectivity index (χ0v) is 13.4. The normalized spacial score (nSPS) is 18.0. The molecule has 0 saturated carbocycles. The Morgan fingerprint density at radius 2 is 2.35 bits per heavy atom. The lowest BCUT2D eigenvalue weighted by molar-refractivity contribution is 0.136. The summed E-state index contributed by atoms with van der Waals surface area (Å²) in [4.78, 5) is 14.2. The van der Waals surface area contributed by atoms with Crippen LogP contribution in [0.1, 0.15) is 12.8 Å². The van der Waals surface area contributed by atoms with Gasteiger partial charge in [-0.1, -0.05) is 11.6 Å². The van der Waals surface area contributed by atoms with Crippen molar-refractivity contribution in [2.45, 2.75) is 12.8 Å². The smallest absolute Gasteiger partial charge is 0.321 e. The molecule has 0 radical (unpaired) electrons. The minimum atomic E-state index is -0.168. The molecular formula is C16H19ClN4O2. The van der Waals surface area contributed by atoms with Gasteiger partial charge in [-0.25, -0.2) is 9.48 Å². The van der Waals surface area contributed by atoms with Gasteiger partial charge in [0.05, 0.1) is 11.4 Å². The number of aliphatic hydroxyl groups excluding tert-OH is 1. The van der Waals surface area contributed by atoms with Gasteiger partial charge in [0.25, 0.3) is 0 Å². The van der Waals surface area contributed by atoms with E-state index in [0.29, 0.717) is 29.5 Å². The van der Waals surface area contributed by atoms with E-state index in [2.05, 4.69) is 10.4 Å². The first-order valence-corrected chi connectivity index (χ1v) is 8.01. The summed E-state index contributed by atoms with van der Waals surface area (Å²) < 4.78 is 1.66. The van der Waals surface area contributed by atoms with Crippen molar-refractivity contribution in [3.05, 3.63) is 41.7 Å². The topological polar surface area (TPSA) is 70.4 Å². The predicted molar refractivity (Wildman–Crippen MR) is 89.0 cm³/mol. The van der Waals surface area contributed by atoms with Crippen LogP contribution in [0.4, 0.5) is 10.5 Å². The van der Waals surface area contributed by atoms with E-state index in [-0.39, 0.29) is 18.6 Å². The molecule has 1 fully saturated rings. The molecule has 0 bridgehead atoms. The van der Waals surface area contributed by atoms with Crippen LogP contribution in [0.3, 0.4) is 0 Å². The lowest BCUT2D eigenvalue weighted by Gasteiger charge is -2.32. The number of nitrogens with zero attached hydrogens (tertiary/aromatic N) is 3. The molecule has 1 aliphatic heterocycles. The predicted octanol–water partition coefficient (Wildman–Crippen LogP) is 2.76. The number of carbonyl (C=O) groups is 1. The van der Waals surface area contributed by atoms with E-state index >= 15 is 0 Å². The molecule has 1 atom stereocenters. The molecule has 2 aromatic rings. The van der Waals surface area contributed by atoms with Crippen molar-refractivity contribution in [1.82, 2.24) is 14.7 Å². The molecule has 0 aliphatic carbocycles. The first-order chi connectivity index (χ1) is 11.2. The molecule has 23 heavy (non-hydrogen) atoms. The summed E-state index contributed by atoms with van der Waals surface area (Å²) in [6, 6.07) is 6.90. The van der Waals surface area contributed by atoms with Crippen molar-refractivity contribution in [3.8, 4) is 5.69 Å². The van der Waals surface area contributed by atoms with E-state index in [9.17, 15) is 9.90 Å². The number of halogens is 1. The Balaban J connectivity index is 1.78. The fourth-order valence-electron chi connectivity index (χ4n) is 2.80. The SMILES string of the molecule is O=C(Nc1ccc(Cl)cc1-n1cccn1)N1CCCC(CO)C1. The molecule has 2 N–H and O–H groups in total. The molecule has 122 valence electrons. The van der Waals surface area contributed by atoms with E-state index in [1.807, 2.05) is 6.07 Å². The quantitative estimate of drug-likeness (QED) is 0.906. The minimum absolute atomic E-state index is 0.114. The molecule has 1 aromatic carbocycles. The number of urea groups is 1. The van der Waals surface area contributed by atoms with E-state index in [1.165, 1.54) is 0 Å². The van der Waals surface area contributed by atoms with Gasteiger partial charge in [-0.05, 0) is 43.0 Å². The highest BCUT2D eigenvalue weighted by atomic mass is 35.5. The van der Waals surface area contributed by atoms with Crippen molar-refractivity contribution in [1.29, 1.82) is 0 Å². The Morgan fingerprint density at radius 3 is 3.09 bits per heavy atom. The maximum absolute atomic E-state index is 12.5. The number of carbonyl (C=O) groups excluding carboxylic acids is 1. The number of aliphatic hydroxyl groups is 1. The minimum Gasteiger partial charge on any atom is -0.396 e. The number of rotatable bonds is 3. The van der Waals surface area contributed by atoms with Crippen molar-refractivity contribution < 1.29 is 9.90 Å². The molecule has 1 aliphatic rings. The van der Waals surface area contributed by atoms with Crippen molar-refractivity contribution >= 4 is 23.3 Å². The van der Waals surface area contributed by atoms with Crippen LogP contribution in [0.2, 0.25) is 5.02 Å². The number of piperidine rings is 1. The molecule has 3 rings (SSSR count). The summed E-state index contributed by atoms with van der Waals surface area (Å²) in [6.07, 6.45) is 5.33.